The van der Waals surface area contributed by atoms with Gasteiger partial charge in [0.1, 0.15) is 5.69 Å². The van der Waals surface area contributed by atoms with E-state index in [1.807, 2.05) is 33.1 Å². The second-order valence-electron chi connectivity index (χ2n) is 3.56. The molecule has 0 aliphatic rings. The molecule has 0 radical (unpaired) electrons. The number of methoxy groups -OCH3 is 1. The Kier molecular flexibility index (Phi) is 3.18. The standard InChI is InChI=1S/C9H17N5O/c1-13(2)7-6(10)8(15-5)12-9(11-7)14(3)4/h10H2,1-5H3. The Morgan fingerprint density at radius 3 is 2.07 bits per heavy atom. The number of ether oxygens (including phenoxy) is 1. The first-order chi connectivity index (χ1) is 6.97. The van der Waals surface area contributed by atoms with E-state index in [9.17, 15) is 0 Å². The molecule has 2 N–H and O–H groups in total. The van der Waals surface area contributed by atoms with Gasteiger partial charge in [-0.05, 0) is 0 Å². The number of nitrogen functional groups attached to an aromatic ring is 1. The van der Waals surface area contributed by atoms with Crippen molar-refractivity contribution < 1.29 is 4.74 Å². The molecule has 0 unspecified atom stereocenters. The number of aromatic nitrogens is 2. The van der Waals surface area contributed by atoms with E-state index in [4.69, 9.17) is 10.5 Å². The Morgan fingerprint density at radius 2 is 1.67 bits per heavy atom. The van der Waals surface area contributed by atoms with Crippen LogP contribution in [0.2, 0.25) is 0 Å². The van der Waals surface area contributed by atoms with Crippen molar-refractivity contribution in [1.82, 2.24) is 9.97 Å². The summed E-state index contributed by atoms with van der Waals surface area (Å²) in [5.74, 6) is 1.63. The Hall–Kier alpha value is -1.72. The molecule has 1 heterocycles. The van der Waals surface area contributed by atoms with Crippen LogP contribution in [0, 0.1) is 0 Å². The van der Waals surface area contributed by atoms with Crippen LogP contribution in [0.4, 0.5) is 17.5 Å². The van der Waals surface area contributed by atoms with Crippen molar-refractivity contribution >= 4 is 17.5 Å². The molecule has 0 spiro atoms. The van der Waals surface area contributed by atoms with Gasteiger partial charge in [-0.15, -0.1) is 0 Å². The van der Waals surface area contributed by atoms with Gasteiger partial charge in [-0.2, -0.15) is 9.97 Å². The Morgan fingerprint density at radius 1 is 1.07 bits per heavy atom. The van der Waals surface area contributed by atoms with Crippen molar-refractivity contribution in [1.29, 1.82) is 0 Å². The number of rotatable bonds is 3. The Balaban J connectivity index is 3.32. The average Bonchev–Trinajstić information content (AvgIpc) is 2.17. The van der Waals surface area contributed by atoms with Gasteiger partial charge in [0.25, 0.3) is 0 Å². The molecule has 1 aromatic heterocycles. The summed E-state index contributed by atoms with van der Waals surface area (Å²) >= 11 is 0. The second kappa shape index (κ2) is 4.20. The monoisotopic (exact) mass is 211 g/mol. The van der Waals surface area contributed by atoms with Gasteiger partial charge < -0.3 is 20.3 Å². The minimum atomic E-state index is 0.400. The van der Waals surface area contributed by atoms with Crippen molar-refractivity contribution in [3.05, 3.63) is 0 Å². The lowest BCUT2D eigenvalue weighted by atomic mass is 10.4. The number of nitrogens with zero attached hydrogens (tertiary/aromatic N) is 4. The fourth-order valence-corrected chi connectivity index (χ4v) is 1.12. The summed E-state index contributed by atoms with van der Waals surface area (Å²) in [5.41, 5.74) is 6.31. The fourth-order valence-electron chi connectivity index (χ4n) is 1.12. The molecule has 0 amide bonds. The molecular weight excluding hydrogens is 194 g/mol. The predicted octanol–water partition coefficient (Wildman–Crippen LogP) is 0.199. The summed E-state index contributed by atoms with van der Waals surface area (Å²) in [7, 11) is 9.02. The minimum absolute atomic E-state index is 0.400. The smallest absolute Gasteiger partial charge is 0.244 e. The van der Waals surface area contributed by atoms with Crippen molar-refractivity contribution in [2.24, 2.45) is 0 Å². The third-order valence-electron chi connectivity index (χ3n) is 1.90. The van der Waals surface area contributed by atoms with Crippen LogP contribution in [0.1, 0.15) is 0 Å². The van der Waals surface area contributed by atoms with Gasteiger partial charge in [-0.25, -0.2) is 0 Å². The predicted molar refractivity (Wildman–Crippen MR) is 61.7 cm³/mol. The molecular formula is C9H17N5O. The lowest BCUT2D eigenvalue weighted by Gasteiger charge is -2.19. The van der Waals surface area contributed by atoms with Crippen LogP contribution < -0.4 is 20.3 Å². The number of hydrogen-bond donors (Lipinski definition) is 1. The van der Waals surface area contributed by atoms with Crippen molar-refractivity contribution in [2.75, 3.05) is 50.8 Å². The van der Waals surface area contributed by atoms with Gasteiger partial charge >= 0.3 is 0 Å². The number of hydrogen-bond acceptors (Lipinski definition) is 6. The molecule has 0 saturated heterocycles. The topological polar surface area (TPSA) is 67.5 Å². The van der Waals surface area contributed by atoms with Gasteiger partial charge in [-0.3, -0.25) is 0 Å². The molecule has 0 aromatic carbocycles. The van der Waals surface area contributed by atoms with Crippen LogP contribution in [-0.2, 0) is 0 Å². The SMILES string of the molecule is COc1nc(N(C)C)nc(N(C)C)c1N. The van der Waals surface area contributed by atoms with Crippen LogP contribution in [0.25, 0.3) is 0 Å². The zero-order chi connectivity index (χ0) is 11.6. The van der Waals surface area contributed by atoms with E-state index in [0.29, 0.717) is 23.3 Å². The van der Waals surface area contributed by atoms with Crippen LogP contribution in [0.3, 0.4) is 0 Å². The third-order valence-corrected chi connectivity index (χ3v) is 1.90. The number of anilines is 3. The summed E-state index contributed by atoms with van der Waals surface area (Å²) in [6.07, 6.45) is 0. The summed E-state index contributed by atoms with van der Waals surface area (Å²) in [6.45, 7) is 0. The third kappa shape index (κ3) is 2.20. The quantitative estimate of drug-likeness (QED) is 0.770. The zero-order valence-corrected chi connectivity index (χ0v) is 9.77. The first kappa shape index (κ1) is 11.4. The van der Waals surface area contributed by atoms with Crippen LogP contribution in [-0.4, -0.2) is 45.3 Å². The summed E-state index contributed by atoms with van der Waals surface area (Å²) < 4.78 is 5.10. The van der Waals surface area contributed by atoms with E-state index >= 15 is 0 Å². The maximum absolute atomic E-state index is 5.85. The molecule has 0 fully saturated rings. The minimum Gasteiger partial charge on any atom is -0.479 e. The van der Waals surface area contributed by atoms with E-state index in [1.165, 1.54) is 7.11 Å². The largest absolute Gasteiger partial charge is 0.479 e. The molecule has 0 atom stereocenters. The van der Waals surface area contributed by atoms with Crippen LogP contribution in [0.15, 0.2) is 0 Å². The fraction of sp³-hybridized carbons (Fsp3) is 0.556. The number of nitrogens with two attached hydrogens (primary N) is 1. The molecule has 6 heteroatoms. The first-order valence-electron chi connectivity index (χ1n) is 4.53. The Labute approximate surface area is 89.7 Å². The highest BCUT2D eigenvalue weighted by atomic mass is 16.5. The van der Waals surface area contributed by atoms with Gasteiger partial charge in [0, 0.05) is 28.2 Å². The summed E-state index contributed by atoms with van der Waals surface area (Å²) in [4.78, 5) is 12.1. The maximum Gasteiger partial charge on any atom is 0.244 e. The van der Waals surface area contributed by atoms with Crippen molar-refractivity contribution in [3.8, 4) is 5.88 Å². The average molecular weight is 211 g/mol. The molecule has 15 heavy (non-hydrogen) atoms. The molecule has 0 aliphatic carbocycles. The van der Waals surface area contributed by atoms with Crippen LogP contribution in [0.5, 0.6) is 5.88 Å². The van der Waals surface area contributed by atoms with E-state index in [0.717, 1.165) is 0 Å². The first-order valence-corrected chi connectivity index (χ1v) is 4.53. The van der Waals surface area contributed by atoms with Crippen molar-refractivity contribution in [2.45, 2.75) is 0 Å². The zero-order valence-electron chi connectivity index (χ0n) is 9.77. The molecule has 0 saturated carbocycles. The maximum atomic E-state index is 5.85. The molecule has 1 rings (SSSR count). The molecule has 84 valence electrons. The van der Waals surface area contributed by atoms with Gasteiger partial charge in [0.15, 0.2) is 5.82 Å². The molecule has 0 aliphatic heterocycles. The van der Waals surface area contributed by atoms with Crippen LogP contribution >= 0.6 is 0 Å². The summed E-state index contributed by atoms with van der Waals surface area (Å²) in [6, 6.07) is 0. The highest BCUT2D eigenvalue weighted by Gasteiger charge is 2.14. The summed E-state index contributed by atoms with van der Waals surface area (Å²) in [5, 5.41) is 0. The Bertz CT molecular complexity index is 351. The van der Waals surface area contributed by atoms with Gasteiger partial charge in [-0.1, -0.05) is 0 Å². The molecule has 0 bridgehead atoms. The second-order valence-corrected chi connectivity index (χ2v) is 3.56. The van der Waals surface area contributed by atoms with E-state index in [2.05, 4.69) is 9.97 Å². The van der Waals surface area contributed by atoms with E-state index < -0.39 is 0 Å². The molecule has 1 aromatic rings. The lowest BCUT2D eigenvalue weighted by molar-refractivity contribution is 0.399. The van der Waals surface area contributed by atoms with Crippen molar-refractivity contribution in [3.63, 3.8) is 0 Å². The molecule has 6 nitrogen and oxygen atoms in total. The van der Waals surface area contributed by atoms with Gasteiger partial charge in [0.2, 0.25) is 11.8 Å². The lowest BCUT2D eigenvalue weighted by Crippen LogP contribution is -2.19. The van der Waals surface area contributed by atoms with E-state index in [-0.39, 0.29) is 0 Å². The van der Waals surface area contributed by atoms with E-state index in [1.54, 1.807) is 4.90 Å². The normalized spacial score (nSPS) is 9.93. The van der Waals surface area contributed by atoms with Gasteiger partial charge in [0.05, 0.1) is 7.11 Å². The highest BCUT2D eigenvalue weighted by molar-refractivity contribution is 5.69. The highest BCUT2D eigenvalue weighted by Crippen LogP contribution is 2.29.